The van der Waals surface area contributed by atoms with Gasteiger partial charge in [-0.3, -0.25) is 4.40 Å². The van der Waals surface area contributed by atoms with Gasteiger partial charge in [0, 0.05) is 29.7 Å². The highest BCUT2D eigenvalue weighted by molar-refractivity contribution is 5.98. The maximum atomic E-state index is 9.85. The van der Waals surface area contributed by atoms with E-state index in [4.69, 9.17) is 0 Å². The Balaban J connectivity index is 1.85. The van der Waals surface area contributed by atoms with Crippen molar-refractivity contribution in [2.45, 2.75) is 6.92 Å². The number of H-pyrrole nitrogens is 1. The molecule has 0 atom stereocenters. The maximum Gasteiger partial charge on any atom is 0.179 e. The average Bonchev–Trinajstić information content (AvgIpc) is 3.23. The molecule has 1 aromatic carbocycles. The average molecular weight is 318 g/mol. The van der Waals surface area contributed by atoms with Crippen LogP contribution in [0, 0.1) is 6.92 Å². The van der Waals surface area contributed by atoms with Gasteiger partial charge in [-0.25, -0.2) is 4.98 Å². The number of aryl methyl sites for hydroxylation is 2. The molecule has 2 N–H and O–H groups in total. The molecule has 5 aromatic rings. The maximum absolute atomic E-state index is 9.85. The minimum Gasteiger partial charge on any atom is -0.508 e. The van der Waals surface area contributed by atoms with E-state index in [-0.39, 0.29) is 5.75 Å². The Morgan fingerprint density at radius 3 is 2.88 bits per heavy atom. The molecular formula is C17H14N6O. The van der Waals surface area contributed by atoms with E-state index < -0.39 is 0 Å². The molecule has 0 radical (unpaired) electrons. The number of hydrogen-bond donors (Lipinski definition) is 2. The molecular weight excluding hydrogens is 304 g/mol. The van der Waals surface area contributed by atoms with Crippen molar-refractivity contribution in [1.82, 2.24) is 29.1 Å². The summed E-state index contributed by atoms with van der Waals surface area (Å²) >= 11 is 0. The van der Waals surface area contributed by atoms with E-state index in [9.17, 15) is 5.11 Å². The van der Waals surface area contributed by atoms with E-state index in [0.29, 0.717) is 0 Å². The topological polar surface area (TPSA) is 84.0 Å². The van der Waals surface area contributed by atoms with Crippen LogP contribution in [-0.2, 0) is 7.05 Å². The van der Waals surface area contributed by atoms with Gasteiger partial charge in [0.05, 0.1) is 17.4 Å². The quantitative estimate of drug-likeness (QED) is 0.498. The predicted molar refractivity (Wildman–Crippen MR) is 91.0 cm³/mol. The SMILES string of the molecule is Cc1nnc2cnc3[nH]c(-c4cn(C)c5ccc(O)cc45)cc3n12. The third-order valence-electron chi connectivity index (χ3n) is 4.44. The summed E-state index contributed by atoms with van der Waals surface area (Å²) < 4.78 is 4.02. The van der Waals surface area contributed by atoms with Crippen molar-refractivity contribution < 1.29 is 5.11 Å². The Kier molecular flexibility index (Phi) is 2.38. The molecule has 5 rings (SSSR count). The molecule has 0 spiro atoms. The largest absolute Gasteiger partial charge is 0.508 e. The van der Waals surface area contributed by atoms with Gasteiger partial charge in [0.15, 0.2) is 11.3 Å². The van der Waals surface area contributed by atoms with Crippen LogP contribution in [0.1, 0.15) is 5.82 Å². The number of fused-ring (bicyclic) bond motifs is 4. The summed E-state index contributed by atoms with van der Waals surface area (Å²) in [5.41, 5.74) is 5.44. The van der Waals surface area contributed by atoms with Crippen molar-refractivity contribution in [1.29, 1.82) is 0 Å². The fraction of sp³-hybridized carbons (Fsp3) is 0.118. The first-order valence-electron chi connectivity index (χ1n) is 7.60. The molecule has 0 fully saturated rings. The zero-order valence-electron chi connectivity index (χ0n) is 13.1. The Morgan fingerprint density at radius 1 is 1.12 bits per heavy atom. The van der Waals surface area contributed by atoms with Crippen LogP contribution in [-0.4, -0.2) is 34.2 Å². The standard InChI is InChI=1S/C17H14N6O/c1-9-20-21-16-7-18-17-15(23(9)16)6-13(19-17)12-8-22(2)14-4-3-10(24)5-11(12)14/h3-8,19,24H,1-2H3. The second-order valence-electron chi connectivity index (χ2n) is 5.97. The molecule has 0 aliphatic heterocycles. The van der Waals surface area contributed by atoms with Gasteiger partial charge < -0.3 is 14.7 Å². The van der Waals surface area contributed by atoms with Gasteiger partial charge in [0.2, 0.25) is 0 Å². The van der Waals surface area contributed by atoms with Crippen LogP contribution in [0.15, 0.2) is 36.7 Å². The fourth-order valence-electron chi connectivity index (χ4n) is 3.32. The number of benzene rings is 1. The van der Waals surface area contributed by atoms with Crippen LogP contribution in [0.5, 0.6) is 5.75 Å². The summed E-state index contributed by atoms with van der Waals surface area (Å²) in [5.74, 6) is 1.07. The van der Waals surface area contributed by atoms with Crippen molar-refractivity contribution in [2.75, 3.05) is 0 Å². The molecule has 7 heteroatoms. The van der Waals surface area contributed by atoms with Crippen molar-refractivity contribution in [3.8, 4) is 17.0 Å². The number of nitrogens with zero attached hydrogens (tertiary/aromatic N) is 5. The van der Waals surface area contributed by atoms with Gasteiger partial charge in [-0.15, -0.1) is 10.2 Å². The molecule has 7 nitrogen and oxygen atoms in total. The zero-order valence-corrected chi connectivity index (χ0v) is 13.1. The number of aromatic nitrogens is 6. The summed E-state index contributed by atoms with van der Waals surface area (Å²) in [6.45, 7) is 1.92. The first-order chi connectivity index (χ1) is 11.6. The van der Waals surface area contributed by atoms with Gasteiger partial charge in [-0.1, -0.05) is 0 Å². The molecule has 0 saturated heterocycles. The first-order valence-corrected chi connectivity index (χ1v) is 7.60. The molecule has 118 valence electrons. The summed E-state index contributed by atoms with van der Waals surface area (Å²) in [5, 5.41) is 19.1. The van der Waals surface area contributed by atoms with Gasteiger partial charge in [-0.2, -0.15) is 0 Å². The second kappa shape index (κ2) is 4.35. The molecule has 0 saturated carbocycles. The van der Waals surface area contributed by atoms with E-state index >= 15 is 0 Å². The lowest BCUT2D eigenvalue weighted by atomic mass is 10.1. The fourth-order valence-corrected chi connectivity index (χ4v) is 3.32. The molecule has 0 amide bonds. The van der Waals surface area contributed by atoms with Gasteiger partial charge in [-0.05, 0) is 31.2 Å². The number of phenols is 1. The van der Waals surface area contributed by atoms with E-state index in [0.717, 1.165) is 44.8 Å². The Hall–Kier alpha value is -3.35. The monoisotopic (exact) mass is 318 g/mol. The smallest absolute Gasteiger partial charge is 0.179 e. The highest BCUT2D eigenvalue weighted by Crippen LogP contribution is 2.33. The highest BCUT2D eigenvalue weighted by atomic mass is 16.3. The minimum absolute atomic E-state index is 0.251. The first kappa shape index (κ1) is 13.1. The molecule has 4 heterocycles. The number of phenolic OH excluding ortho intramolecular Hbond substituents is 1. The Labute approximate surface area is 136 Å². The Morgan fingerprint density at radius 2 is 2.00 bits per heavy atom. The molecule has 0 aliphatic rings. The third-order valence-corrected chi connectivity index (χ3v) is 4.44. The third kappa shape index (κ3) is 1.63. The van der Waals surface area contributed by atoms with Crippen molar-refractivity contribution in [3.63, 3.8) is 0 Å². The van der Waals surface area contributed by atoms with Gasteiger partial charge >= 0.3 is 0 Å². The molecule has 4 aromatic heterocycles. The van der Waals surface area contributed by atoms with E-state index in [1.807, 2.05) is 41.3 Å². The van der Waals surface area contributed by atoms with E-state index in [1.54, 1.807) is 18.3 Å². The molecule has 24 heavy (non-hydrogen) atoms. The second-order valence-corrected chi connectivity index (χ2v) is 5.97. The highest BCUT2D eigenvalue weighted by Gasteiger charge is 2.14. The van der Waals surface area contributed by atoms with E-state index in [1.165, 1.54) is 0 Å². The van der Waals surface area contributed by atoms with Gasteiger partial charge in [0.1, 0.15) is 11.6 Å². The summed E-state index contributed by atoms with van der Waals surface area (Å²) in [6, 6.07) is 7.44. The van der Waals surface area contributed by atoms with Crippen molar-refractivity contribution >= 4 is 27.7 Å². The minimum atomic E-state index is 0.251. The molecule has 0 bridgehead atoms. The van der Waals surface area contributed by atoms with Crippen LogP contribution in [0.3, 0.4) is 0 Å². The number of hydrogen-bond acceptors (Lipinski definition) is 4. The van der Waals surface area contributed by atoms with Crippen LogP contribution in [0.25, 0.3) is 39.0 Å². The number of aromatic hydroxyl groups is 1. The summed E-state index contributed by atoms with van der Waals surface area (Å²) in [4.78, 5) is 7.80. The van der Waals surface area contributed by atoms with Crippen molar-refractivity contribution in [2.24, 2.45) is 7.05 Å². The van der Waals surface area contributed by atoms with Crippen LogP contribution >= 0.6 is 0 Å². The van der Waals surface area contributed by atoms with Crippen LogP contribution in [0.4, 0.5) is 0 Å². The summed E-state index contributed by atoms with van der Waals surface area (Å²) in [6.07, 6.45) is 3.75. The molecule has 0 unspecified atom stereocenters. The number of aromatic amines is 1. The van der Waals surface area contributed by atoms with Gasteiger partial charge in [0.25, 0.3) is 0 Å². The number of rotatable bonds is 1. The van der Waals surface area contributed by atoms with Crippen molar-refractivity contribution in [3.05, 3.63) is 42.5 Å². The lowest BCUT2D eigenvalue weighted by Gasteiger charge is -1.97. The zero-order chi connectivity index (χ0) is 16.4. The van der Waals surface area contributed by atoms with Crippen LogP contribution < -0.4 is 0 Å². The lowest BCUT2D eigenvalue weighted by Crippen LogP contribution is -1.90. The predicted octanol–water partition coefficient (Wildman–Crippen LogP) is 2.78. The van der Waals surface area contributed by atoms with E-state index in [2.05, 4.69) is 20.2 Å². The Bertz CT molecular complexity index is 1240. The summed E-state index contributed by atoms with van der Waals surface area (Å²) in [7, 11) is 1.99. The lowest BCUT2D eigenvalue weighted by molar-refractivity contribution is 0.476. The van der Waals surface area contributed by atoms with Crippen LogP contribution in [0.2, 0.25) is 0 Å². The number of nitrogens with one attached hydrogen (secondary N) is 1. The normalized spacial score (nSPS) is 11.9. The molecule has 0 aliphatic carbocycles.